The second kappa shape index (κ2) is 9.85. The van der Waals surface area contributed by atoms with Crippen LogP contribution in [0.15, 0.2) is 28.5 Å². The van der Waals surface area contributed by atoms with Gasteiger partial charge in [0.25, 0.3) is 10.0 Å². The van der Waals surface area contributed by atoms with Gasteiger partial charge in [0.05, 0.1) is 5.92 Å². The molecule has 176 valence electrons. The highest BCUT2D eigenvalue weighted by Crippen LogP contribution is 2.33. The van der Waals surface area contributed by atoms with E-state index in [1.807, 2.05) is 23.1 Å². The third-order valence-corrected chi connectivity index (χ3v) is 10.9. The number of fused-ring (bicyclic) bond motifs is 1. The minimum atomic E-state index is -3.62. The molecule has 1 aromatic carbocycles. The second-order valence-corrected chi connectivity index (χ2v) is 13.9. The highest BCUT2D eigenvalue weighted by atomic mass is 127. The Labute approximate surface area is 209 Å². The van der Waals surface area contributed by atoms with Gasteiger partial charge in [-0.3, -0.25) is 4.79 Å². The van der Waals surface area contributed by atoms with Crippen molar-refractivity contribution in [2.45, 2.75) is 55.8 Å². The number of likely N-dealkylation sites (tertiary alicyclic amines) is 2. The zero-order valence-corrected chi connectivity index (χ0v) is 22.7. The molecule has 2 aliphatic heterocycles. The number of hydrogen-bond donors (Lipinski definition) is 0. The Kier molecular flexibility index (Phi) is 7.51. The van der Waals surface area contributed by atoms with Crippen LogP contribution in [0.25, 0.3) is 10.1 Å². The van der Waals surface area contributed by atoms with Gasteiger partial charge in [-0.1, -0.05) is 6.07 Å². The SMILES string of the molecule is CC(C)N1CCC(N2CCC[C@H](CN(C)S(=O)(=O)c3cc4ccc(I)cc4s3)C2=O)CC1. The number of thiophene rings is 1. The van der Waals surface area contributed by atoms with Crippen LogP contribution in [0, 0.1) is 9.49 Å². The molecule has 0 spiro atoms. The fourth-order valence-electron chi connectivity index (χ4n) is 4.89. The molecule has 2 aliphatic rings. The van der Waals surface area contributed by atoms with E-state index < -0.39 is 10.0 Å². The summed E-state index contributed by atoms with van der Waals surface area (Å²) in [5, 5.41) is 0.940. The zero-order chi connectivity index (χ0) is 23.0. The number of sulfonamides is 1. The van der Waals surface area contributed by atoms with Crippen molar-refractivity contribution in [2.24, 2.45) is 5.92 Å². The molecule has 4 rings (SSSR count). The predicted molar refractivity (Wildman–Crippen MR) is 139 cm³/mol. The summed E-state index contributed by atoms with van der Waals surface area (Å²) in [4.78, 5) is 17.8. The van der Waals surface area contributed by atoms with Gasteiger partial charge in [-0.05, 0) is 85.7 Å². The Hall–Kier alpha value is -0.750. The molecule has 32 heavy (non-hydrogen) atoms. The smallest absolute Gasteiger partial charge is 0.252 e. The normalized spacial score (nSPS) is 21.9. The van der Waals surface area contributed by atoms with Crippen LogP contribution in [0.5, 0.6) is 0 Å². The van der Waals surface area contributed by atoms with E-state index >= 15 is 0 Å². The largest absolute Gasteiger partial charge is 0.339 e. The Bertz CT molecular complexity index is 1080. The van der Waals surface area contributed by atoms with E-state index in [1.165, 1.54) is 15.6 Å². The summed E-state index contributed by atoms with van der Waals surface area (Å²) in [6.07, 6.45) is 3.71. The molecule has 0 N–H and O–H groups in total. The summed E-state index contributed by atoms with van der Waals surface area (Å²) in [6, 6.07) is 8.52. The molecular weight excluding hydrogens is 557 g/mol. The number of piperidine rings is 2. The molecule has 0 aliphatic carbocycles. The maximum atomic E-state index is 13.3. The molecule has 2 saturated heterocycles. The zero-order valence-electron chi connectivity index (χ0n) is 19.0. The van der Waals surface area contributed by atoms with Crippen LogP contribution in [0.3, 0.4) is 0 Å². The Morgan fingerprint density at radius 2 is 1.88 bits per heavy atom. The van der Waals surface area contributed by atoms with Crippen LogP contribution < -0.4 is 0 Å². The molecular formula is C23H32IN3O3S2. The molecule has 1 amide bonds. The monoisotopic (exact) mass is 589 g/mol. The lowest BCUT2D eigenvalue weighted by atomic mass is 9.92. The maximum Gasteiger partial charge on any atom is 0.252 e. The Balaban J connectivity index is 1.43. The first-order valence-electron chi connectivity index (χ1n) is 11.4. The van der Waals surface area contributed by atoms with Crippen LogP contribution in [0.4, 0.5) is 0 Å². The van der Waals surface area contributed by atoms with Gasteiger partial charge in [0.1, 0.15) is 4.21 Å². The standard InChI is InChI=1S/C23H32IN3O3S2/c1-16(2)26-11-8-20(9-12-26)27-10-4-5-18(23(27)28)15-25(3)32(29,30)22-13-17-6-7-19(24)14-21(17)31-22/h6-7,13-14,16,18,20H,4-5,8-12,15H2,1-3H3/t18-/m1/s1. The van der Waals surface area contributed by atoms with Crippen molar-refractivity contribution in [3.8, 4) is 0 Å². The lowest BCUT2D eigenvalue weighted by Crippen LogP contribution is -2.53. The summed E-state index contributed by atoms with van der Waals surface area (Å²) in [7, 11) is -2.02. The van der Waals surface area contributed by atoms with Crippen LogP contribution in [0.1, 0.15) is 39.5 Å². The quantitative estimate of drug-likeness (QED) is 0.474. The highest BCUT2D eigenvalue weighted by Gasteiger charge is 2.37. The van der Waals surface area contributed by atoms with Gasteiger partial charge >= 0.3 is 0 Å². The summed E-state index contributed by atoms with van der Waals surface area (Å²) in [5.41, 5.74) is 0. The predicted octanol–water partition coefficient (Wildman–Crippen LogP) is 4.24. The van der Waals surface area contributed by atoms with Crippen molar-refractivity contribution < 1.29 is 13.2 Å². The molecule has 9 heteroatoms. The number of nitrogens with zero attached hydrogens (tertiary/aromatic N) is 3. The Morgan fingerprint density at radius 3 is 2.56 bits per heavy atom. The van der Waals surface area contributed by atoms with Gasteiger partial charge < -0.3 is 9.80 Å². The van der Waals surface area contributed by atoms with E-state index in [0.29, 0.717) is 10.3 Å². The van der Waals surface area contributed by atoms with Gasteiger partial charge in [-0.2, -0.15) is 4.31 Å². The van der Waals surface area contributed by atoms with Gasteiger partial charge in [0, 0.05) is 53.6 Å². The van der Waals surface area contributed by atoms with Crippen LogP contribution in [-0.4, -0.2) is 73.7 Å². The summed E-state index contributed by atoms with van der Waals surface area (Å²) in [5.74, 6) is -0.130. The van der Waals surface area contributed by atoms with Crippen molar-refractivity contribution >= 4 is 59.9 Å². The molecule has 0 bridgehead atoms. The molecule has 1 aromatic heterocycles. The van der Waals surface area contributed by atoms with Crippen molar-refractivity contribution in [1.29, 1.82) is 0 Å². The number of benzene rings is 1. The van der Waals surface area contributed by atoms with E-state index in [4.69, 9.17) is 0 Å². The summed E-state index contributed by atoms with van der Waals surface area (Å²) < 4.78 is 30.3. The first kappa shape index (κ1) is 24.4. The van der Waals surface area contributed by atoms with Crippen LogP contribution >= 0.6 is 33.9 Å². The molecule has 2 fully saturated rings. The molecule has 1 atom stereocenters. The second-order valence-electron chi connectivity index (χ2n) is 9.26. The first-order chi connectivity index (χ1) is 15.2. The third kappa shape index (κ3) is 5.01. The minimum Gasteiger partial charge on any atom is -0.339 e. The lowest BCUT2D eigenvalue weighted by Gasteiger charge is -2.43. The number of halogens is 1. The van der Waals surface area contributed by atoms with Crippen LogP contribution in [-0.2, 0) is 14.8 Å². The topological polar surface area (TPSA) is 60.9 Å². The van der Waals surface area contributed by atoms with Crippen molar-refractivity contribution in [3.05, 3.63) is 27.8 Å². The van der Waals surface area contributed by atoms with Gasteiger partial charge in [-0.15, -0.1) is 11.3 Å². The minimum absolute atomic E-state index is 0.132. The summed E-state index contributed by atoms with van der Waals surface area (Å²) in [6.45, 7) is 7.53. The fourth-order valence-corrected chi connectivity index (χ4v) is 8.46. The summed E-state index contributed by atoms with van der Waals surface area (Å²) >= 11 is 3.54. The average molecular weight is 590 g/mol. The van der Waals surface area contributed by atoms with E-state index in [2.05, 4.69) is 41.3 Å². The Morgan fingerprint density at radius 1 is 1.16 bits per heavy atom. The van der Waals surface area contributed by atoms with Crippen molar-refractivity contribution in [2.75, 3.05) is 33.2 Å². The molecule has 0 saturated carbocycles. The van der Waals surface area contributed by atoms with Gasteiger partial charge in [0.2, 0.25) is 5.91 Å². The van der Waals surface area contributed by atoms with E-state index in [9.17, 15) is 13.2 Å². The van der Waals surface area contributed by atoms with Crippen molar-refractivity contribution in [3.63, 3.8) is 0 Å². The highest BCUT2D eigenvalue weighted by molar-refractivity contribution is 14.1. The third-order valence-electron chi connectivity index (χ3n) is 6.86. The lowest BCUT2D eigenvalue weighted by molar-refractivity contribution is -0.142. The van der Waals surface area contributed by atoms with E-state index in [-0.39, 0.29) is 24.4 Å². The molecule has 6 nitrogen and oxygen atoms in total. The number of rotatable bonds is 6. The number of carbonyl (C=O) groups is 1. The van der Waals surface area contributed by atoms with Gasteiger partial charge in [-0.25, -0.2) is 8.42 Å². The number of hydrogen-bond acceptors (Lipinski definition) is 5. The van der Waals surface area contributed by atoms with E-state index in [1.54, 1.807) is 13.1 Å². The molecule has 0 unspecified atom stereocenters. The number of carbonyl (C=O) groups excluding carboxylic acids is 1. The number of amides is 1. The average Bonchev–Trinajstić information content (AvgIpc) is 3.19. The molecule has 2 aromatic rings. The van der Waals surface area contributed by atoms with Gasteiger partial charge in [0.15, 0.2) is 0 Å². The maximum absolute atomic E-state index is 13.3. The molecule has 0 radical (unpaired) electrons. The fraction of sp³-hybridized carbons (Fsp3) is 0.609. The van der Waals surface area contributed by atoms with E-state index in [0.717, 1.165) is 59.0 Å². The molecule has 3 heterocycles. The van der Waals surface area contributed by atoms with Crippen molar-refractivity contribution in [1.82, 2.24) is 14.1 Å². The first-order valence-corrected chi connectivity index (χ1v) is 14.7. The van der Waals surface area contributed by atoms with Crippen LogP contribution in [0.2, 0.25) is 0 Å².